The highest BCUT2D eigenvalue weighted by Gasteiger charge is 2.36. The van der Waals surface area contributed by atoms with E-state index < -0.39 is 0 Å². The highest BCUT2D eigenvalue weighted by atomic mass is 16.5. The van der Waals surface area contributed by atoms with E-state index in [2.05, 4.69) is 26.0 Å². The molecule has 1 aliphatic heterocycles. The van der Waals surface area contributed by atoms with E-state index in [0.717, 1.165) is 47.7 Å². The van der Waals surface area contributed by atoms with Gasteiger partial charge in [0.05, 0.1) is 30.9 Å². The molecule has 0 aromatic heterocycles. The lowest BCUT2D eigenvalue weighted by Crippen LogP contribution is -2.36. The summed E-state index contributed by atoms with van der Waals surface area (Å²) < 4.78 is 5.34. The molecular formula is C22H24N2O2. The quantitative estimate of drug-likeness (QED) is 0.804. The van der Waals surface area contributed by atoms with Crippen molar-refractivity contribution >= 4 is 23.0 Å². The average Bonchev–Trinajstić information content (AvgIpc) is 3.07. The molecule has 4 heteroatoms. The van der Waals surface area contributed by atoms with Crippen LogP contribution in [0.15, 0.2) is 41.4 Å². The summed E-state index contributed by atoms with van der Waals surface area (Å²) in [5, 5.41) is 0. The van der Waals surface area contributed by atoms with Gasteiger partial charge >= 0.3 is 0 Å². The number of methoxy groups -OCH3 is 1. The minimum Gasteiger partial charge on any atom is -0.497 e. The van der Waals surface area contributed by atoms with E-state index in [1.54, 1.807) is 7.11 Å². The molecule has 0 N–H and O–H groups in total. The summed E-state index contributed by atoms with van der Waals surface area (Å²) in [6.45, 7) is 4.72. The first-order valence-electron chi connectivity index (χ1n) is 9.20. The molecular weight excluding hydrogens is 324 g/mol. The Kier molecular flexibility index (Phi) is 4.27. The monoisotopic (exact) mass is 348 g/mol. The number of aryl methyl sites for hydroxylation is 2. The smallest absolute Gasteiger partial charge is 0.236 e. The van der Waals surface area contributed by atoms with Crippen molar-refractivity contribution in [2.75, 3.05) is 12.0 Å². The Hall–Kier alpha value is -2.62. The van der Waals surface area contributed by atoms with Gasteiger partial charge in [0.1, 0.15) is 5.75 Å². The molecule has 2 aromatic rings. The van der Waals surface area contributed by atoms with Gasteiger partial charge in [-0.15, -0.1) is 0 Å². The van der Waals surface area contributed by atoms with Crippen LogP contribution in [0.3, 0.4) is 0 Å². The third-order valence-electron chi connectivity index (χ3n) is 5.51. The number of ether oxygens (including phenoxy) is 1. The Morgan fingerprint density at radius 3 is 2.81 bits per heavy atom. The Labute approximate surface area is 154 Å². The Morgan fingerprint density at radius 1 is 1.19 bits per heavy atom. The first-order valence-corrected chi connectivity index (χ1v) is 9.20. The van der Waals surface area contributed by atoms with Crippen LogP contribution in [0, 0.1) is 19.8 Å². The predicted octanol–water partition coefficient (Wildman–Crippen LogP) is 4.73. The van der Waals surface area contributed by atoms with Crippen LogP contribution in [0.2, 0.25) is 0 Å². The Morgan fingerprint density at radius 2 is 2.00 bits per heavy atom. The van der Waals surface area contributed by atoms with Gasteiger partial charge in [-0.25, -0.2) is 0 Å². The second-order valence-electron chi connectivity index (χ2n) is 7.25. The molecule has 1 aliphatic carbocycles. The zero-order valence-corrected chi connectivity index (χ0v) is 15.6. The van der Waals surface area contributed by atoms with Crippen LogP contribution in [0.1, 0.15) is 36.0 Å². The van der Waals surface area contributed by atoms with Crippen LogP contribution in [0.5, 0.6) is 5.75 Å². The largest absolute Gasteiger partial charge is 0.497 e. The summed E-state index contributed by atoms with van der Waals surface area (Å²) in [4.78, 5) is 20.2. The molecule has 0 bridgehead atoms. The number of carbonyl (C=O) groups excluding carboxylic acids is 1. The minimum atomic E-state index is -0.0754. The van der Waals surface area contributed by atoms with E-state index in [0.29, 0.717) is 6.54 Å². The van der Waals surface area contributed by atoms with Crippen molar-refractivity contribution in [3.8, 4) is 5.75 Å². The molecule has 1 heterocycles. The minimum absolute atomic E-state index is 0.0754. The molecule has 1 atom stereocenters. The highest BCUT2D eigenvalue weighted by Crippen LogP contribution is 2.40. The van der Waals surface area contributed by atoms with E-state index >= 15 is 0 Å². The van der Waals surface area contributed by atoms with Gasteiger partial charge in [-0.2, -0.15) is 0 Å². The van der Waals surface area contributed by atoms with Crippen molar-refractivity contribution in [2.45, 2.75) is 39.7 Å². The van der Waals surface area contributed by atoms with E-state index in [4.69, 9.17) is 9.73 Å². The lowest BCUT2D eigenvalue weighted by molar-refractivity contribution is -0.120. The second-order valence-corrected chi connectivity index (χ2v) is 7.25. The maximum absolute atomic E-state index is 13.4. The maximum Gasteiger partial charge on any atom is 0.236 e. The zero-order valence-electron chi connectivity index (χ0n) is 15.6. The summed E-state index contributed by atoms with van der Waals surface area (Å²) in [6.07, 6.45) is 2.87. The van der Waals surface area contributed by atoms with E-state index in [9.17, 15) is 4.79 Å². The number of anilines is 1. The number of hydrogen-bond acceptors (Lipinski definition) is 3. The molecule has 0 saturated heterocycles. The van der Waals surface area contributed by atoms with Gasteiger partial charge in [-0.1, -0.05) is 12.1 Å². The highest BCUT2D eigenvalue weighted by molar-refractivity contribution is 6.15. The SMILES string of the molecule is COc1cccc(CN2C(=O)[C@@H]3CCCC3=Nc3cc(C)c(C)cc32)c1. The van der Waals surface area contributed by atoms with Crippen molar-refractivity contribution in [3.63, 3.8) is 0 Å². The van der Waals surface area contributed by atoms with Gasteiger partial charge < -0.3 is 9.64 Å². The van der Waals surface area contributed by atoms with Gasteiger partial charge in [0.15, 0.2) is 0 Å². The number of benzene rings is 2. The molecule has 26 heavy (non-hydrogen) atoms. The fraction of sp³-hybridized carbons (Fsp3) is 0.364. The number of carbonyl (C=O) groups is 1. The van der Waals surface area contributed by atoms with Crippen LogP contribution >= 0.6 is 0 Å². The van der Waals surface area contributed by atoms with Crippen LogP contribution in [-0.4, -0.2) is 18.7 Å². The number of aliphatic imine (C=N–C) groups is 1. The summed E-state index contributed by atoms with van der Waals surface area (Å²) in [6, 6.07) is 12.1. The third-order valence-corrected chi connectivity index (χ3v) is 5.51. The molecule has 134 valence electrons. The molecule has 0 radical (unpaired) electrons. The predicted molar refractivity (Wildman–Crippen MR) is 105 cm³/mol. The van der Waals surface area contributed by atoms with E-state index in [-0.39, 0.29) is 11.8 Å². The fourth-order valence-electron chi connectivity index (χ4n) is 3.90. The molecule has 0 spiro atoms. The topological polar surface area (TPSA) is 41.9 Å². The van der Waals surface area contributed by atoms with E-state index in [1.165, 1.54) is 11.1 Å². The standard InChI is InChI=1S/C22H24N2O2/c1-14-10-20-21(11-15(14)2)24(13-16-6-4-7-17(12-16)26-3)22(25)18-8-5-9-19(18)23-20/h4,6-7,10-12,18H,5,8-9,13H2,1-3H3/t18-/m1/s1. The first kappa shape index (κ1) is 16.8. The number of fused-ring (bicyclic) bond motifs is 2. The van der Waals surface area contributed by atoms with Crippen molar-refractivity contribution < 1.29 is 9.53 Å². The molecule has 4 nitrogen and oxygen atoms in total. The summed E-state index contributed by atoms with van der Waals surface area (Å²) in [5.74, 6) is 0.905. The molecule has 4 rings (SSSR count). The van der Waals surface area contributed by atoms with Crippen LogP contribution in [0.25, 0.3) is 0 Å². The summed E-state index contributed by atoms with van der Waals surface area (Å²) >= 11 is 0. The summed E-state index contributed by atoms with van der Waals surface area (Å²) in [7, 11) is 1.66. The first-order chi connectivity index (χ1) is 12.6. The molecule has 0 unspecified atom stereocenters. The lowest BCUT2D eigenvalue weighted by Gasteiger charge is -2.26. The fourth-order valence-corrected chi connectivity index (χ4v) is 3.90. The average molecular weight is 348 g/mol. The normalized spacial score (nSPS) is 18.9. The van der Waals surface area contributed by atoms with Gasteiger partial charge in [-0.05, 0) is 74.1 Å². The third kappa shape index (κ3) is 2.90. The van der Waals surface area contributed by atoms with Crippen LogP contribution in [-0.2, 0) is 11.3 Å². The maximum atomic E-state index is 13.4. The van der Waals surface area contributed by atoms with Crippen LogP contribution < -0.4 is 9.64 Å². The lowest BCUT2D eigenvalue weighted by atomic mass is 10.0. The van der Waals surface area contributed by atoms with Crippen molar-refractivity contribution in [3.05, 3.63) is 53.1 Å². The number of nitrogens with zero attached hydrogens (tertiary/aromatic N) is 2. The Balaban J connectivity index is 1.80. The molecule has 2 aliphatic rings. The zero-order chi connectivity index (χ0) is 18.3. The molecule has 1 amide bonds. The van der Waals surface area contributed by atoms with Gasteiger partial charge in [-0.3, -0.25) is 9.79 Å². The van der Waals surface area contributed by atoms with Crippen LogP contribution in [0.4, 0.5) is 11.4 Å². The second kappa shape index (κ2) is 6.60. The molecule has 1 fully saturated rings. The number of hydrogen-bond donors (Lipinski definition) is 0. The van der Waals surface area contributed by atoms with Gasteiger partial charge in [0.2, 0.25) is 5.91 Å². The Bertz CT molecular complexity index is 901. The summed E-state index contributed by atoms with van der Waals surface area (Å²) in [5.41, 5.74) is 6.33. The number of amides is 1. The van der Waals surface area contributed by atoms with Gasteiger partial charge in [0, 0.05) is 5.71 Å². The molecule has 1 saturated carbocycles. The van der Waals surface area contributed by atoms with Crippen molar-refractivity contribution in [1.82, 2.24) is 0 Å². The number of rotatable bonds is 3. The van der Waals surface area contributed by atoms with Crippen molar-refractivity contribution in [1.29, 1.82) is 0 Å². The van der Waals surface area contributed by atoms with E-state index in [1.807, 2.05) is 29.2 Å². The molecule has 2 aromatic carbocycles. The van der Waals surface area contributed by atoms with Gasteiger partial charge in [0.25, 0.3) is 0 Å². The van der Waals surface area contributed by atoms with Crippen molar-refractivity contribution in [2.24, 2.45) is 10.9 Å².